The first kappa shape index (κ1) is 15.4. The number of rotatable bonds is 2. The van der Waals surface area contributed by atoms with Crippen LogP contribution in [-0.4, -0.2) is 11.4 Å². The van der Waals surface area contributed by atoms with E-state index < -0.39 is 11.7 Å². The highest BCUT2D eigenvalue weighted by Gasteiger charge is 2.71. The molecule has 0 aromatic heterocycles. The van der Waals surface area contributed by atoms with Crippen molar-refractivity contribution in [2.75, 3.05) is 0 Å². The molecule has 0 radical (unpaired) electrons. The molecule has 3 heteroatoms. The number of epoxide rings is 1. The summed E-state index contributed by atoms with van der Waals surface area (Å²) in [5, 5.41) is 0. The number of ketones is 1. The van der Waals surface area contributed by atoms with Gasteiger partial charge in [-0.15, -0.1) is 0 Å². The molecule has 3 nitrogen and oxygen atoms in total. The number of aryl methyl sites for hydroxylation is 1. The number of para-hydroxylation sites is 1. The number of fused-ring (bicyclic) bond motifs is 1. The van der Waals surface area contributed by atoms with Gasteiger partial charge in [-0.2, -0.15) is 0 Å². The number of hydrogen-bond donors (Lipinski definition) is 0. The zero-order valence-electron chi connectivity index (χ0n) is 14.4. The predicted octanol–water partition coefficient (Wildman–Crippen LogP) is 4.82. The second-order valence-corrected chi connectivity index (χ2v) is 6.94. The van der Waals surface area contributed by atoms with Crippen LogP contribution in [-0.2, 0) is 4.74 Å². The van der Waals surface area contributed by atoms with E-state index in [0.717, 1.165) is 11.1 Å². The molecule has 2 heterocycles. The summed E-state index contributed by atoms with van der Waals surface area (Å²) in [5.74, 6) is 0.619. The Hall–Kier alpha value is -2.91. The third-order valence-corrected chi connectivity index (χ3v) is 5.25. The van der Waals surface area contributed by atoms with E-state index in [4.69, 9.17) is 9.47 Å². The molecule has 3 aromatic carbocycles. The lowest BCUT2D eigenvalue weighted by molar-refractivity contribution is 0.0523. The Balaban J connectivity index is 1.64. The summed E-state index contributed by atoms with van der Waals surface area (Å²) in [5.41, 5.74) is 2.73. The lowest BCUT2D eigenvalue weighted by Crippen LogP contribution is -2.40. The summed E-state index contributed by atoms with van der Waals surface area (Å²) in [6.07, 6.45) is -0.758. The number of carbonyl (C=O) groups excluding carboxylic acids is 1. The Morgan fingerprint density at radius 3 is 2.19 bits per heavy atom. The Labute approximate surface area is 152 Å². The quantitative estimate of drug-likeness (QED) is 0.627. The van der Waals surface area contributed by atoms with E-state index in [9.17, 15) is 4.79 Å². The highest BCUT2D eigenvalue weighted by Crippen LogP contribution is 2.61. The molecule has 2 aliphatic heterocycles. The molecule has 5 rings (SSSR count). The lowest BCUT2D eigenvalue weighted by atomic mass is 9.81. The molecule has 128 valence electrons. The van der Waals surface area contributed by atoms with Crippen LogP contribution in [0.15, 0.2) is 78.9 Å². The van der Waals surface area contributed by atoms with Gasteiger partial charge in [-0.05, 0) is 30.2 Å². The van der Waals surface area contributed by atoms with Gasteiger partial charge in [-0.1, -0.05) is 72.3 Å². The van der Waals surface area contributed by atoms with Crippen molar-refractivity contribution in [3.05, 3.63) is 101 Å². The standard InChI is InChI=1S/C23H18O3/c1-15-11-13-17(14-12-15)22-23(26-22)20(24)18-9-5-6-10-19(18)25-21(23)16-7-3-2-4-8-16/h2-14,21-22H,1H3/t21-,22?,23-/m0/s1. The molecule has 1 saturated heterocycles. The highest BCUT2D eigenvalue weighted by molar-refractivity contribution is 6.08. The molecule has 1 unspecified atom stereocenters. The van der Waals surface area contributed by atoms with Crippen LogP contribution in [0.5, 0.6) is 5.75 Å². The summed E-state index contributed by atoms with van der Waals surface area (Å²) in [4.78, 5) is 13.4. The topological polar surface area (TPSA) is 38.8 Å². The molecule has 0 bridgehead atoms. The van der Waals surface area contributed by atoms with E-state index in [0.29, 0.717) is 11.3 Å². The van der Waals surface area contributed by atoms with Crippen molar-refractivity contribution in [2.45, 2.75) is 24.7 Å². The Morgan fingerprint density at radius 2 is 1.42 bits per heavy atom. The van der Waals surface area contributed by atoms with E-state index in [-0.39, 0.29) is 11.9 Å². The van der Waals surface area contributed by atoms with Crippen molar-refractivity contribution in [3.63, 3.8) is 0 Å². The van der Waals surface area contributed by atoms with Crippen molar-refractivity contribution in [1.29, 1.82) is 0 Å². The van der Waals surface area contributed by atoms with Gasteiger partial charge in [0.15, 0.2) is 6.10 Å². The van der Waals surface area contributed by atoms with Crippen LogP contribution >= 0.6 is 0 Å². The average Bonchev–Trinajstić information content (AvgIpc) is 3.42. The monoisotopic (exact) mass is 342 g/mol. The van der Waals surface area contributed by atoms with Crippen LogP contribution in [0.4, 0.5) is 0 Å². The fourth-order valence-corrected chi connectivity index (χ4v) is 3.83. The number of carbonyl (C=O) groups is 1. The molecule has 2 aliphatic rings. The highest BCUT2D eigenvalue weighted by atomic mass is 16.6. The minimum atomic E-state index is -0.995. The van der Waals surface area contributed by atoms with Gasteiger partial charge >= 0.3 is 0 Å². The third-order valence-electron chi connectivity index (χ3n) is 5.25. The third kappa shape index (κ3) is 2.14. The van der Waals surface area contributed by atoms with Gasteiger partial charge in [0.1, 0.15) is 11.9 Å². The van der Waals surface area contributed by atoms with Gasteiger partial charge < -0.3 is 9.47 Å². The molecule has 0 N–H and O–H groups in total. The van der Waals surface area contributed by atoms with Crippen LogP contribution in [0, 0.1) is 6.92 Å². The summed E-state index contributed by atoms with van der Waals surface area (Å²) < 4.78 is 12.4. The SMILES string of the molecule is Cc1ccc(C2O[C@]23C(=O)c2ccccc2O[C@H]3c2ccccc2)cc1. The largest absolute Gasteiger partial charge is 0.481 e. The van der Waals surface area contributed by atoms with Crippen molar-refractivity contribution in [1.82, 2.24) is 0 Å². The minimum absolute atomic E-state index is 0.00113. The van der Waals surface area contributed by atoms with Crippen LogP contribution < -0.4 is 4.74 Å². The molecule has 1 spiro atoms. The Bertz CT molecular complexity index is 978. The molecule has 0 aliphatic carbocycles. The Morgan fingerprint density at radius 1 is 0.769 bits per heavy atom. The zero-order chi connectivity index (χ0) is 17.7. The maximum absolute atomic E-state index is 13.4. The van der Waals surface area contributed by atoms with Gasteiger partial charge in [0.05, 0.1) is 5.56 Å². The maximum Gasteiger partial charge on any atom is 0.205 e. The van der Waals surface area contributed by atoms with E-state index >= 15 is 0 Å². The number of benzene rings is 3. The fraction of sp³-hybridized carbons (Fsp3) is 0.174. The molecule has 1 fully saturated rings. The first-order valence-corrected chi connectivity index (χ1v) is 8.80. The minimum Gasteiger partial charge on any atom is -0.481 e. The van der Waals surface area contributed by atoms with Crippen LogP contribution in [0.3, 0.4) is 0 Å². The number of Topliss-reactive ketones (excluding diaryl/α,β-unsaturated/α-hetero) is 1. The molecule has 3 atom stereocenters. The van der Waals surface area contributed by atoms with Crippen molar-refractivity contribution >= 4 is 5.78 Å². The molecule has 0 amide bonds. The number of ether oxygens (including phenoxy) is 2. The van der Waals surface area contributed by atoms with Crippen molar-refractivity contribution in [3.8, 4) is 5.75 Å². The van der Waals surface area contributed by atoms with Crippen molar-refractivity contribution < 1.29 is 14.3 Å². The predicted molar refractivity (Wildman–Crippen MR) is 98.3 cm³/mol. The molecule has 0 saturated carbocycles. The van der Waals surface area contributed by atoms with Crippen LogP contribution in [0.2, 0.25) is 0 Å². The molecule has 26 heavy (non-hydrogen) atoms. The van der Waals surface area contributed by atoms with Gasteiger partial charge in [0.25, 0.3) is 0 Å². The zero-order valence-corrected chi connectivity index (χ0v) is 14.4. The van der Waals surface area contributed by atoms with Gasteiger partial charge in [-0.3, -0.25) is 4.79 Å². The fourth-order valence-electron chi connectivity index (χ4n) is 3.83. The normalized spacial score (nSPS) is 26.3. The van der Waals surface area contributed by atoms with E-state index in [2.05, 4.69) is 0 Å². The second-order valence-electron chi connectivity index (χ2n) is 6.94. The van der Waals surface area contributed by atoms with Crippen LogP contribution in [0.25, 0.3) is 0 Å². The molecular formula is C23H18O3. The summed E-state index contributed by atoms with van der Waals surface area (Å²) in [6, 6.07) is 25.4. The maximum atomic E-state index is 13.4. The smallest absolute Gasteiger partial charge is 0.205 e. The summed E-state index contributed by atoms with van der Waals surface area (Å²) in [6.45, 7) is 2.05. The van der Waals surface area contributed by atoms with E-state index in [1.54, 1.807) is 0 Å². The van der Waals surface area contributed by atoms with E-state index in [1.807, 2.05) is 85.8 Å². The first-order chi connectivity index (χ1) is 12.7. The van der Waals surface area contributed by atoms with E-state index in [1.165, 1.54) is 5.56 Å². The lowest BCUT2D eigenvalue weighted by Gasteiger charge is -2.31. The molecular weight excluding hydrogens is 324 g/mol. The van der Waals surface area contributed by atoms with Gasteiger partial charge in [0, 0.05) is 0 Å². The van der Waals surface area contributed by atoms with Gasteiger partial charge in [0.2, 0.25) is 11.4 Å². The molecule has 3 aromatic rings. The first-order valence-electron chi connectivity index (χ1n) is 8.80. The summed E-state index contributed by atoms with van der Waals surface area (Å²) >= 11 is 0. The van der Waals surface area contributed by atoms with Gasteiger partial charge in [-0.25, -0.2) is 0 Å². The number of hydrogen-bond acceptors (Lipinski definition) is 3. The summed E-state index contributed by atoms with van der Waals surface area (Å²) in [7, 11) is 0. The van der Waals surface area contributed by atoms with Crippen LogP contribution in [0.1, 0.15) is 39.3 Å². The Kier molecular flexibility index (Phi) is 3.28. The average molecular weight is 342 g/mol. The second kappa shape index (κ2) is 5.55. The van der Waals surface area contributed by atoms with Crippen molar-refractivity contribution in [2.24, 2.45) is 0 Å².